The van der Waals surface area contributed by atoms with Crippen molar-refractivity contribution in [1.82, 2.24) is 14.4 Å². The van der Waals surface area contributed by atoms with Crippen molar-refractivity contribution in [3.63, 3.8) is 0 Å². The Bertz CT molecular complexity index is 643. The van der Waals surface area contributed by atoms with Gasteiger partial charge in [-0.05, 0) is 50.8 Å². The Labute approximate surface area is 144 Å². The van der Waals surface area contributed by atoms with Crippen molar-refractivity contribution in [3.05, 3.63) is 23.0 Å². The molecule has 2 fully saturated rings. The molecule has 0 spiro atoms. The molecular weight excluding hydrogens is 300 g/mol. The Morgan fingerprint density at radius 3 is 2.79 bits per heavy atom. The van der Waals surface area contributed by atoms with Gasteiger partial charge in [0.25, 0.3) is 0 Å². The lowest BCUT2D eigenvalue weighted by atomic mass is 9.98. The van der Waals surface area contributed by atoms with Crippen molar-refractivity contribution >= 4 is 5.91 Å². The SMILES string of the molecule is Cc1c(CN2CCCCC2CCN2CCCC2=O)cc(C#N)n1C. The van der Waals surface area contributed by atoms with Crippen LogP contribution in [0.25, 0.3) is 0 Å². The smallest absolute Gasteiger partial charge is 0.222 e. The number of hydrogen-bond donors (Lipinski definition) is 0. The van der Waals surface area contributed by atoms with Crippen molar-refractivity contribution in [2.45, 2.75) is 58.0 Å². The molecule has 24 heavy (non-hydrogen) atoms. The number of piperidine rings is 1. The Morgan fingerprint density at radius 2 is 2.12 bits per heavy atom. The lowest BCUT2D eigenvalue weighted by Crippen LogP contribution is -2.41. The van der Waals surface area contributed by atoms with E-state index in [9.17, 15) is 10.1 Å². The average molecular weight is 328 g/mol. The first-order valence-electron chi connectivity index (χ1n) is 9.17. The fraction of sp³-hybridized carbons (Fsp3) is 0.684. The zero-order valence-electron chi connectivity index (χ0n) is 14.9. The molecule has 2 aliphatic heterocycles. The Balaban J connectivity index is 1.64. The van der Waals surface area contributed by atoms with Gasteiger partial charge in [-0.3, -0.25) is 9.69 Å². The summed E-state index contributed by atoms with van der Waals surface area (Å²) in [6, 6.07) is 4.86. The summed E-state index contributed by atoms with van der Waals surface area (Å²) >= 11 is 0. The maximum atomic E-state index is 11.8. The molecule has 0 bridgehead atoms. The summed E-state index contributed by atoms with van der Waals surface area (Å²) in [5.41, 5.74) is 3.18. The number of amides is 1. The second-order valence-electron chi connectivity index (χ2n) is 7.20. The normalized spacial score (nSPS) is 22.1. The first kappa shape index (κ1) is 17.0. The summed E-state index contributed by atoms with van der Waals surface area (Å²) in [7, 11) is 1.96. The minimum atomic E-state index is 0.329. The van der Waals surface area contributed by atoms with Crippen LogP contribution >= 0.6 is 0 Å². The van der Waals surface area contributed by atoms with E-state index < -0.39 is 0 Å². The van der Waals surface area contributed by atoms with E-state index in [1.807, 2.05) is 22.6 Å². The maximum absolute atomic E-state index is 11.8. The lowest BCUT2D eigenvalue weighted by Gasteiger charge is -2.36. The minimum absolute atomic E-state index is 0.329. The molecule has 2 aliphatic rings. The maximum Gasteiger partial charge on any atom is 0.222 e. The van der Waals surface area contributed by atoms with Crippen molar-refractivity contribution in [3.8, 4) is 6.07 Å². The highest BCUT2D eigenvalue weighted by atomic mass is 16.2. The van der Waals surface area contributed by atoms with Crippen LogP contribution in [-0.2, 0) is 18.4 Å². The van der Waals surface area contributed by atoms with E-state index in [-0.39, 0.29) is 0 Å². The number of rotatable bonds is 5. The van der Waals surface area contributed by atoms with Gasteiger partial charge in [-0.15, -0.1) is 0 Å². The monoisotopic (exact) mass is 328 g/mol. The third-order valence-corrected chi connectivity index (χ3v) is 5.78. The fourth-order valence-electron chi connectivity index (χ4n) is 4.09. The zero-order valence-corrected chi connectivity index (χ0v) is 14.9. The Hall–Kier alpha value is -1.80. The third kappa shape index (κ3) is 3.49. The molecule has 130 valence electrons. The summed E-state index contributed by atoms with van der Waals surface area (Å²) in [4.78, 5) is 16.4. The van der Waals surface area contributed by atoms with Crippen molar-refractivity contribution < 1.29 is 4.79 Å². The Kier molecular flexibility index (Phi) is 5.25. The van der Waals surface area contributed by atoms with Gasteiger partial charge in [0.1, 0.15) is 11.8 Å². The van der Waals surface area contributed by atoms with E-state index in [1.165, 1.54) is 30.5 Å². The molecule has 1 unspecified atom stereocenters. The zero-order chi connectivity index (χ0) is 17.1. The number of carbonyl (C=O) groups excluding carboxylic acids is 1. The summed E-state index contributed by atoms with van der Waals surface area (Å²) in [6.45, 7) is 5.97. The molecule has 3 rings (SSSR count). The predicted molar refractivity (Wildman–Crippen MR) is 93.3 cm³/mol. The highest BCUT2D eigenvalue weighted by Gasteiger charge is 2.26. The van der Waals surface area contributed by atoms with Gasteiger partial charge in [0.05, 0.1) is 0 Å². The molecule has 0 N–H and O–H groups in total. The largest absolute Gasteiger partial charge is 0.343 e. The van der Waals surface area contributed by atoms with Crippen LogP contribution < -0.4 is 0 Å². The highest BCUT2D eigenvalue weighted by molar-refractivity contribution is 5.78. The Morgan fingerprint density at radius 1 is 1.29 bits per heavy atom. The number of carbonyl (C=O) groups is 1. The van der Waals surface area contributed by atoms with Crippen LogP contribution in [0.1, 0.15) is 55.5 Å². The summed E-state index contributed by atoms with van der Waals surface area (Å²) in [5, 5.41) is 9.22. The topological polar surface area (TPSA) is 52.3 Å². The second kappa shape index (κ2) is 7.40. The van der Waals surface area contributed by atoms with Gasteiger partial charge < -0.3 is 9.47 Å². The van der Waals surface area contributed by atoms with Gasteiger partial charge in [-0.2, -0.15) is 5.26 Å². The van der Waals surface area contributed by atoms with Crippen LogP contribution in [0.2, 0.25) is 0 Å². The van der Waals surface area contributed by atoms with Crippen LogP contribution in [0.4, 0.5) is 0 Å². The number of nitriles is 1. The lowest BCUT2D eigenvalue weighted by molar-refractivity contribution is -0.127. The number of nitrogens with zero attached hydrogens (tertiary/aromatic N) is 4. The second-order valence-corrected chi connectivity index (χ2v) is 7.20. The first-order chi connectivity index (χ1) is 11.6. The molecule has 2 saturated heterocycles. The van der Waals surface area contributed by atoms with Crippen LogP contribution in [0.15, 0.2) is 6.07 Å². The number of hydrogen-bond acceptors (Lipinski definition) is 3. The van der Waals surface area contributed by atoms with Gasteiger partial charge in [-0.1, -0.05) is 6.42 Å². The summed E-state index contributed by atoms with van der Waals surface area (Å²) < 4.78 is 1.98. The van der Waals surface area contributed by atoms with E-state index in [1.54, 1.807) is 0 Å². The molecule has 1 aromatic heterocycles. The average Bonchev–Trinajstić information content (AvgIpc) is 3.12. The van der Waals surface area contributed by atoms with Crippen molar-refractivity contribution in [2.24, 2.45) is 7.05 Å². The van der Waals surface area contributed by atoms with E-state index >= 15 is 0 Å². The van der Waals surface area contributed by atoms with E-state index in [0.29, 0.717) is 11.9 Å². The molecule has 3 heterocycles. The molecule has 0 aliphatic carbocycles. The highest BCUT2D eigenvalue weighted by Crippen LogP contribution is 2.25. The standard InChI is InChI=1S/C19H28N4O/c1-15-16(12-18(13-20)21(15)2)14-23-9-4-3-6-17(23)8-11-22-10-5-7-19(22)24/h12,17H,3-11,14H2,1-2H3. The number of aromatic nitrogens is 1. The van der Waals surface area contributed by atoms with Crippen LogP contribution in [0.3, 0.4) is 0 Å². The molecule has 1 amide bonds. The predicted octanol–water partition coefficient (Wildman–Crippen LogP) is 2.57. The van der Waals surface area contributed by atoms with Gasteiger partial charge in [-0.25, -0.2) is 0 Å². The minimum Gasteiger partial charge on any atom is -0.343 e. The van der Waals surface area contributed by atoms with E-state index in [4.69, 9.17) is 0 Å². The van der Waals surface area contributed by atoms with Crippen LogP contribution in [0, 0.1) is 18.3 Å². The quantitative estimate of drug-likeness (QED) is 0.835. The third-order valence-electron chi connectivity index (χ3n) is 5.78. The molecule has 0 saturated carbocycles. The number of likely N-dealkylation sites (tertiary alicyclic amines) is 2. The van der Waals surface area contributed by atoms with E-state index in [0.717, 1.165) is 51.1 Å². The first-order valence-corrected chi connectivity index (χ1v) is 9.17. The summed E-state index contributed by atoms with van der Waals surface area (Å²) in [6.07, 6.45) is 6.58. The molecular formula is C19H28N4O. The van der Waals surface area contributed by atoms with Crippen LogP contribution in [-0.4, -0.2) is 46.0 Å². The molecule has 0 radical (unpaired) electrons. The molecule has 1 atom stereocenters. The summed E-state index contributed by atoms with van der Waals surface area (Å²) in [5.74, 6) is 0.329. The molecule has 0 aromatic carbocycles. The van der Waals surface area contributed by atoms with Crippen molar-refractivity contribution in [2.75, 3.05) is 19.6 Å². The van der Waals surface area contributed by atoms with Crippen LogP contribution in [0.5, 0.6) is 0 Å². The van der Waals surface area contributed by atoms with Gasteiger partial charge in [0.2, 0.25) is 5.91 Å². The molecule has 1 aromatic rings. The fourth-order valence-corrected chi connectivity index (χ4v) is 4.09. The van der Waals surface area contributed by atoms with Crippen molar-refractivity contribution in [1.29, 1.82) is 5.26 Å². The van der Waals surface area contributed by atoms with Gasteiger partial charge >= 0.3 is 0 Å². The molecule has 5 nitrogen and oxygen atoms in total. The van der Waals surface area contributed by atoms with E-state index in [2.05, 4.69) is 17.9 Å². The van der Waals surface area contributed by atoms with Gasteiger partial charge in [0.15, 0.2) is 0 Å². The van der Waals surface area contributed by atoms with Gasteiger partial charge in [0, 0.05) is 44.8 Å². The molecule has 5 heteroatoms.